The summed E-state index contributed by atoms with van der Waals surface area (Å²) < 4.78 is 5.20. The van der Waals surface area contributed by atoms with E-state index in [1.807, 2.05) is 30.7 Å². The number of hydrogen-bond acceptors (Lipinski definition) is 5. The van der Waals surface area contributed by atoms with Crippen molar-refractivity contribution in [2.24, 2.45) is 0 Å². The predicted octanol–water partition coefficient (Wildman–Crippen LogP) is 3.15. The normalized spacial score (nSPS) is 18.1. The summed E-state index contributed by atoms with van der Waals surface area (Å²) in [6.07, 6.45) is 2.15. The highest BCUT2D eigenvalue weighted by Gasteiger charge is 2.30. The minimum Gasteiger partial charge on any atom is -0.361 e. The van der Waals surface area contributed by atoms with Crippen molar-refractivity contribution in [2.75, 3.05) is 20.1 Å². The number of thiophene rings is 1. The zero-order valence-corrected chi connectivity index (χ0v) is 14.7. The van der Waals surface area contributed by atoms with Gasteiger partial charge in [0.25, 0.3) is 0 Å². The fraction of sp³-hybridized carbons (Fsp3) is 0.529. The molecule has 1 aliphatic heterocycles. The van der Waals surface area contributed by atoms with Gasteiger partial charge in [-0.05, 0) is 56.1 Å². The molecule has 0 aromatic carbocycles. The molecule has 0 N–H and O–H groups in total. The van der Waals surface area contributed by atoms with Gasteiger partial charge in [-0.25, -0.2) is 0 Å². The van der Waals surface area contributed by atoms with Gasteiger partial charge in [-0.1, -0.05) is 5.16 Å². The number of carbonyl (C=O) groups excluding carboxylic acids is 1. The van der Waals surface area contributed by atoms with Crippen LogP contribution in [0.25, 0.3) is 0 Å². The Morgan fingerprint density at radius 1 is 1.52 bits per heavy atom. The first-order valence-electron chi connectivity index (χ1n) is 7.98. The van der Waals surface area contributed by atoms with Gasteiger partial charge in [0, 0.05) is 18.7 Å². The topological polar surface area (TPSA) is 49.6 Å². The van der Waals surface area contributed by atoms with Gasteiger partial charge in [-0.2, -0.15) is 11.3 Å². The lowest BCUT2D eigenvalue weighted by Crippen LogP contribution is -2.38. The number of amides is 1. The van der Waals surface area contributed by atoms with Crippen LogP contribution in [0.4, 0.5) is 0 Å². The number of nitrogens with zero attached hydrogens (tertiary/aromatic N) is 3. The van der Waals surface area contributed by atoms with Crippen molar-refractivity contribution in [3.8, 4) is 0 Å². The van der Waals surface area contributed by atoms with Gasteiger partial charge in [0.05, 0.1) is 18.3 Å². The van der Waals surface area contributed by atoms with E-state index in [9.17, 15) is 4.79 Å². The van der Waals surface area contributed by atoms with Crippen molar-refractivity contribution in [1.82, 2.24) is 15.0 Å². The molecule has 1 aliphatic rings. The maximum absolute atomic E-state index is 12.7. The number of likely N-dealkylation sites (tertiary alicyclic amines) is 1. The number of aromatic nitrogens is 1. The van der Waals surface area contributed by atoms with E-state index in [4.69, 9.17) is 4.52 Å². The molecule has 1 saturated heterocycles. The number of aryl methyl sites for hydroxylation is 2. The minimum atomic E-state index is 0.202. The standard InChI is InChI=1S/C17H23N3O2S/c1-12-15(13(2)22-18-12)9-19(3)10-17(21)20-7-4-5-16(20)14-6-8-23-11-14/h6,8,11,16H,4-5,7,9-10H2,1-3H3/t16-/m0/s1. The molecule has 2 aromatic heterocycles. The van der Waals surface area contributed by atoms with Crippen LogP contribution in [0, 0.1) is 13.8 Å². The second-order valence-electron chi connectivity index (χ2n) is 6.28. The molecular formula is C17H23N3O2S. The lowest BCUT2D eigenvalue weighted by molar-refractivity contribution is -0.133. The Bertz CT molecular complexity index is 646. The molecule has 1 amide bonds. The smallest absolute Gasteiger partial charge is 0.237 e. The van der Waals surface area contributed by atoms with Crippen LogP contribution in [0.15, 0.2) is 21.3 Å². The zero-order valence-electron chi connectivity index (χ0n) is 13.9. The fourth-order valence-electron chi connectivity index (χ4n) is 3.25. The summed E-state index contributed by atoms with van der Waals surface area (Å²) in [5.74, 6) is 1.03. The number of carbonyl (C=O) groups is 1. The SMILES string of the molecule is Cc1noc(C)c1CN(C)CC(=O)N1CCC[C@H]1c1ccsc1. The Morgan fingerprint density at radius 3 is 3.00 bits per heavy atom. The number of hydrogen-bond donors (Lipinski definition) is 0. The van der Waals surface area contributed by atoms with Crippen LogP contribution in [-0.2, 0) is 11.3 Å². The molecule has 23 heavy (non-hydrogen) atoms. The minimum absolute atomic E-state index is 0.202. The summed E-state index contributed by atoms with van der Waals surface area (Å²) in [5, 5.41) is 8.22. The second kappa shape index (κ2) is 6.84. The average molecular weight is 333 g/mol. The van der Waals surface area contributed by atoms with Crippen LogP contribution in [0.1, 0.15) is 41.5 Å². The third-order valence-electron chi connectivity index (χ3n) is 4.52. The lowest BCUT2D eigenvalue weighted by Gasteiger charge is -2.26. The fourth-order valence-corrected chi connectivity index (χ4v) is 3.96. The molecule has 6 heteroatoms. The molecule has 124 valence electrons. The predicted molar refractivity (Wildman–Crippen MR) is 90.3 cm³/mol. The van der Waals surface area contributed by atoms with Crippen molar-refractivity contribution < 1.29 is 9.32 Å². The maximum Gasteiger partial charge on any atom is 0.237 e. The van der Waals surface area contributed by atoms with Crippen molar-refractivity contribution in [2.45, 2.75) is 39.3 Å². The van der Waals surface area contributed by atoms with Crippen LogP contribution >= 0.6 is 11.3 Å². The highest BCUT2D eigenvalue weighted by Crippen LogP contribution is 2.33. The first-order valence-corrected chi connectivity index (χ1v) is 8.92. The lowest BCUT2D eigenvalue weighted by atomic mass is 10.1. The molecule has 5 nitrogen and oxygen atoms in total. The maximum atomic E-state index is 12.7. The van der Waals surface area contributed by atoms with Gasteiger partial charge in [0.15, 0.2) is 0 Å². The van der Waals surface area contributed by atoms with Crippen LogP contribution in [-0.4, -0.2) is 41.0 Å². The molecule has 3 rings (SSSR count). The van der Waals surface area contributed by atoms with E-state index in [1.165, 1.54) is 5.56 Å². The Balaban J connectivity index is 1.62. The van der Waals surface area contributed by atoms with E-state index in [-0.39, 0.29) is 11.9 Å². The molecule has 0 unspecified atom stereocenters. The zero-order chi connectivity index (χ0) is 16.4. The van der Waals surface area contributed by atoms with Crippen LogP contribution in [0.2, 0.25) is 0 Å². The summed E-state index contributed by atoms with van der Waals surface area (Å²) in [7, 11) is 1.97. The molecule has 0 bridgehead atoms. The van der Waals surface area contributed by atoms with Gasteiger partial charge in [0.1, 0.15) is 5.76 Å². The molecule has 2 aromatic rings. The van der Waals surface area contributed by atoms with Gasteiger partial charge < -0.3 is 9.42 Å². The Kier molecular flexibility index (Phi) is 4.82. The van der Waals surface area contributed by atoms with Crippen molar-refractivity contribution >= 4 is 17.2 Å². The molecule has 0 spiro atoms. The molecule has 0 radical (unpaired) electrons. The van der Waals surface area contributed by atoms with E-state index >= 15 is 0 Å². The van der Waals surface area contributed by atoms with E-state index in [0.29, 0.717) is 13.1 Å². The second-order valence-corrected chi connectivity index (χ2v) is 7.06. The van der Waals surface area contributed by atoms with Crippen LogP contribution in [0.3, 0.4) is 0 Å². The summed E-state index contributed by atoms with van der Waals surface area (Å²) in [4.78, 5) is 16.8. The van der Waals surface area contributed by atoms with Gasteiger partial charge >= 0.3 is 0 Å². The first kappa shape index (κ1) is 16.2. The molecule has 1 atom stereocenters. The first-order chi connectivity index (χ1) is 11.1. The van der Waals surface area contributed by atoms with E-state index in [1.54, 1.807) is 11.3 Å². The molecule has 1 fully saturated rings. The highest BCUT2D eigenvalue weighted by molar-refractivity contribution is 7.07. The third kappa shape index (κ3) is 3.48. The van der Waals surface area contributed by atoms with Gasteiger partial charge in [0.2, 0.25) is 5.91 Å². The summed E-state index contributed by atoms with van der Waals surface area (Å²) in [6, 6.07) is 2.38. The largest absolute Gasteiger partial charge is 0.361 e. The molecule has 3 heterocycles. The van der Waals surface area contributed by atoms with Crippen LogP contribution < -0.4 is 0 Å². The van der Waals surface area contributed by atoms with Crippen molar-refractivity contribution in [3.05, 3.63) is 39.4 Å². The van der Waals surface area contributed by atoms with E-state index in [0.717, 1.165) is 36.4 Å². The number of likely N-dealkylation sites (N-methyl/N-ethyl adjacent to an activating group) is 1. The quantitative estimate of drug-likeness (QED) is 0.843. The average Bonchev–Trinajstić information content (AvgIpc) is 3.23. The molecule has 0 aliphatic carbocycles. The van der Waals surface area contributed by atoms with Crippen LogP contribution in [0.5, 0.6) is 0 Å². The summed E-state index contributed by atoms with van der Waals surface area (Å²) in [5.41, 5.74) is 3.25. The Morgan fingerprint density at radius 2 is 2.35 bits per heavy atom. The van der Waals surface area contributed by atoms with Crippen molar-refractivity contribution in [3.63, 3.8) is 0 Å². The molecular weight excluding hydrogens is 310 g/mol. The van der Waals surface area contributed by atoms with E-state index < -0.39 is 0 Å². The Hall–Kier alpha value is -1.66. The van der Waals surface area contributed by atoms with E-state index in [2.05, 4.69) is 22.0 Å². The summed E-state index contributed by atoms with van der Waals surface area (Å²) in [6.45, 7) is 5.82. The Labute approximate surface area is 140 Å². The molecule has 0 saturated carbocycles. The monoisotopic (exact) mass is 333 g/mol. The van der Waals surface area contributed by atoms with Gasteiger partial charge in [-0.15, -0.1) is 0 Å². The third-order valence-corrected chi connectivity index (χ3v) is 5.22. The summed E-state index contributed by atoms with van der Waals surface area (Å²) >= 11 is 1.69. The van der Waals surface area contributed by atoms with Gasteiger partial charge in [-0.3, -0.25) is 9.69 Å². The highest BCUT2D eigenvalue weighted by atomic mass is 32.1. The van der Waals surface area contributed by atoms with Crippen molar-refractivity contribution in [1.29, 1.82) is 0 Å². The number of rotatable bonds is 5.